The summed E-state index contributed by atoms with van der Waals surface area (Å²) in [6, 6.07) is 0. The SMILES string of the molecule is CCC[C@@]1(O)CC[C@@H]2C3CC[C@@]4(C)C(CC[C@]4(O)C(C)C)[C@@H]3CC[C@@H]2C1. The number of aliphatic hydroxyl groups is 2. The summed E-state index contributed by atoms with van der Waals surface area (Å²) in [6.45, 7) is 9.09. The standard InChI is InChI=1S/C24H42O2/c1-5-11-23(25)13-9-18-17(15-23)6-7-20-19(18)8-12-22(4)21(20)10-14-24(22,26)16(2)3/h16-21,25-26H,5-15H2,1-4H3/t17-,18+,19?,20-,21?,22+,23-,24+/m1/s1. The van der Waals surface area contributed by atoms with Gasteiger partial charge < -0.3 is 10.2 Å². The van der Waals surface area contributed by atoms with Gasteiger partial charge in [0.1, 0.15) is 0 Å². The summed E-state index contributed by atoms with van der Waals surface area (Å²) in [6.07, 6.45) is 12.9. The lowest BCUT2D eigenvalue weighted by Gasteiger charge is -2.59. The van der Waals surface area contributed by atoms with Crippen LogP contribution in [0.1, 0.15) is 98.3 Å². The summed E-state index contributed by atoms with van der Waals surface area (Å²) in [5, 5.41) is 22.5. The Labute approximate surface area is 161 Å². The van der Waals surface area contributed by atoms with Gasteiger partial charge in [-0.2, -0.15) is 0 Å². The molecule has 2 heteroatoms. The van der Waals surface area contributed by atoms with Crippen molar-refractivity contribution in [3.8, 4) is 0 Å². The van der Waals surface area contributed by atoms with E-state index < -0.39 is 5.60 Å². The molecule has 0 radical (unpaired) electrons. The molecule has 4 aliphatic rings. The lowest BCUT2D eigenvalue weighted by atomic mass is 9.47. The second kappa shape index (κ2) is 6.48. The molecule has 0 spiro atoms. The molecule has 2 N–H and O–H groups in total. The summed E-state index contributed by atoms with van der Waals surface area (Å²) in [5.41, 5.74) is -0.683. The summed E-state index contributed by atoms with van der Waals surface area (Å²) in [5.74, 6) is 4.40. The smallest absolute Gasteiger partial charge is 0.0726 e. The van der Waals surface area contributed by atoms with Crippen molar-refractivity contribution in [2.45, 2.75) is 110 Å². The lowest BCUT2D eigenvalue weighted by Crippen LogP contribution is -2.56. The third kappa shape index (κ3) is 2.65. The fraction of sp³-hybridized carbons (Fsp3) is 1.00. The molecule has 0 saturated heterocycles. The van der Waals surface area contributed by atoms with Crippen LogP contribution in [-0.2, 0) is 0 Å². The molecule has 4 fully saturated rings. The highest BCUT2D eigenvalue weighted by atomic mass is 16.3. The summed E-state index contributed by atoms with van der Waals surface area (Å²) in [7, 11) is 0. The molecule has 0 aromatic heterocycles. The van der Waals surface area contributed by atoms with Crippen molar-refractivity contribution < 1.29 is 10.2 Å². The average Bonchev–Trinajstić information content (AvgIpc) is 2.87. The molecule has 26 heavy (non-hydrogen) atoms. The van der Waals surface area contributed by atoms with E-state index in [1.807, 2.05) is 0 Å². The third-order valence-corrected chi connectivity index (χ3v) is 9.99. The molecule has 0 aliphatic heterocycles. The zero-order valence-corrected chi connectivity index (χ0v) is 17.6. The van der Waals surface area contributed by atoms with Gasteiger partial charge in [0.05, 0.1) is 11.2 Å². The quantitative estimate of drug-likeness (QED) is 0.690. The zero-order valence-electron chi connectivity index (χ0n) is 17.6. The molecule has 2 nitrogen and oxygen atoms in total. The van der Waals surface area contributed by atoms with Gasteiger partial charge in [0, 0.05) is 0 Å². The highest BCUT2D eigenvalue weighted by Gasteiger charge is 2.63. The summed E-state index contributed by atoms with van der Waals surface area (Å²) in [4.78, 5) is 0. The Bertz CT molecular complexity index is 530. The highest BCUT2D eigenvalue weighted by Crippen LogP contribution is 2.67. The van der Waals surface area contributed by atoms with Crippen LogP contribution in [-0.4, -0.2) is 21.4 Å². The van der Waals surface area contributed by atoms with Crippen LogP contribution in [0.4, 0.5) is 0 Å². The van der Waals surface area contributed by atoms with Gasteiger partial charge in [-0.05, 0) is 105 Å². The van der Waals surface area contributed by atoms with Crippen molar-refractivity contribution in [3.63, 3.8) is 0 Å². The monoisotopic (exact) mass is 362 g/mol. The third-order valence-electron chi connectivity index (χ3n) is 9.99. The number of hydrogen-bond acceptors (Lipinski definition) is 2. The van der Waals surface area contributed by atoms with Gasteiger partial charge in [-0.1, -0.05) is 34.1 Å². The fourth-order valence-electron chi connectivity index (χ4n) is 8.65. The maximum Gasteiger partial charge on any atom is 0.0726 e. The van der Waals surface area contributed by atoms with Crippen molar-refractivity contribution in [1.82, 2.24) is 0 Å². The molecule has 4 rings (SSSR count). The number of rotatable bonds is 3. The fourth-order valence-corrected chi connectivity index (χ4v) is 8.65. The van der Waals surface area contributed by atoms with E-state index in [0.717, 1.165) is 61.7 Å². The van der Waals surface area contributed by atoms with E-state index >= 15 is 0 Å². The molecule has 0 bridgehead atoms. The van der Waals surface area contributed by atoms with Gasteiger partial charge in [-0.15, -0.1) is 0 Å². The summed E-state index contributed by atoms with van der Waals surface area (Å²) >= 11 is 0. The van der Waals surface area contributed by atoms with E-state index in [1.54, 1.807) is 0 Å². The first-order valence-electron chi connectivity index (χ1n) is 11.7. The normalized spacial score (nSPS) is 53.9. The maximum absolute atomic E-state index is 11.5. The first-order valence-corrected chi connectivity index (χ1v) is 11.7. The van der Waals surface area contributed by atoms with Crippen LogP contribution < -0.4 is 0 Å². The maximum atomic E-state index is 11.5. The topological polar surface area (TPSA) is 40.5 Å². The van der Waals surface area contributed by atoms with E-state index in [9.17, 15) is 10.2 Å². The van der Waals surface area contributed by atoms with Crippen LogP contribution in [0.2, 0.25) is 0 Å². The molecular weight excluding hydrogens is 320 g/mol. The zero-order chi connectivity index (χ0) is 18.7. The van der Waals surface area contributed by atoms with Crippen LogP contribution in [0.3, 0.4) is 0 Å². The average molecular weight is 363 g/mol. The van der Waals surface area contributed by atoms with Gasteiger partial charge in [0.25, 0.3) is 0 Å². The molecule has 2 unspecified atom stereocenters. The van der Waals surface area contributed by atoms with Gasteiger partial charge in [0.15, 0.2) is 0 Å². The second-order valence-corrected chi connectivity index (χ2v) is 11.2. The molecule has 0 heterocycles. The first-order chi connectivity index (χ1) is 12.2. The Kier molecular flexibility index (Phi) is 4.79. The highest BCUT2D eigenvalue weighted by molar-refractivity contribution is 5.13. The number of fused-ring (bicyclic) bond motifs is 5. The summed E-state index contributed by atoms with van der Waals surface area (Å²) < 4.78 is 0. The Morgan fingerprint density at radius 3 is 2.31 bits per heavy atom. The van der Waals surface area contributed by atoms with E-state index in [-0.39, 0.29) is 11.0 Å². The van der Waals surface area contributed by atoms with Gasteiger partial charge in [-0.3, -0.25) is 0 Å². The molecular formula is C24H42O2. The molecule has 0 amide bonds. The van der Waals surface area contributed by atoms with Crippen LogP contribution in [0.15, 0.2) is 0 Å². The Hall–Kier alpha value is -0.0800. The minimum absolute atomic E-state index is 0.132. The second-order valence-electron chi connectivity index (χ2n) is 11.2. The van der Waals surface area contributed by atoms with Crippen LogP contribution in [0.25, 0.3) is 0 Å². The van der Waals surface area contributed by atoms with Crippen molar-refractivity contribution in [2.24, 2.45) is 40.9 Å². The van der Waals surface area contributed by atoms with Crippen LogP contribution in [0.5, 0.6) is 0 Å². The minimum Gasteiger partial charge on any atom is -0.390 e. The lowest BCUT2D eigenvalue weighted by molar-refractivity contribution is -0.157. The predicted octanol–water partition coefficient (Wildman–Crippen LogP) is 5.56. The molecule has 4 aliphatic carbocycles. The van der Waals surface area contributed by atoms with Crippen molar-refractivity contribution in [2.75, 3.05) is 0 Å². The minimum atomic E-state index is -0.451. The van der Waals surface area contributed by atoms with Crippen LogP contribution in [0, 0.1) is 40.9 Å². The van der Waals surface area contributed by atoms with Crippen molar-refractivity contribution in [1.29, 1.82) is 0 Å². The molecule has 0 aromatic carbocycles. The van der Waals surface area contributed by atoms with E-state index in [1.165, 1.54) is 38.5 Å². The van der Waals surface area contributed by atoms with Crippen molar-refractivity contribution in [3.05, 3.63) is 0 Å². The first kappa shape index (κ1) is 19.2. The molecule has 150 valence electrons. The van der Waals surface area contributed by atoms with Crippen LogP contribution >= 0.6 is 0 Å². The Morgan fingerprint density at radius 2 is 1.62 bits per heavy atom. The molecule has 8 atom stereocenters. The largest absolute Gasteiger partial charge is 0.390 e. The van der Waals surface area contributed by atoms with E-state index in [2.05, 4.69) is 27.7 Å². The van der Waals surface area contributed by atoms with Gasteiger partial charge >= 0.3 is 0 Å². The number of hydrogen-bond donors (Lipinski definition) is 2. The van der Waals surface area contributed by atoms with E-state index in [0.29, 0.717) is 5.92 Å². The molecule has 4 saturated carbocycles. The van der Waals surface area contributed by atoms with E-state index in [4.69, 9.17) is 0 Å². The van der Waals surface area contributed by atoms with Crippen molar-refractivity contribution >= 4 is 0 Å². The Morgan fingerprint density at radius 1 is 0.885 bits per heavy atom. The van der Waals surface area contributed by atoms with Gasteiger partial charge in [0.2, 0.25) is 0 Å². The molecule has 0 aromatic rings. The Balaban J connectivity index is 1.53. The predicted molar refractivity (Wildman–Crippen MR) is 107 cm³/mol. The van der Waals surface area contributed by atoms with Gasteiger partial charge in [-0.25, -0.2) is 0 Å².